The minimum atomic E-state index is -3.93. The molecule has 1 unspecified atom stereocenters. The van der Waals surface area contributed by atoms with Crippen LogP contribution in [0, 0.1) is 18.3 Å². The zero-order valence-corrected chi connectivity index (χ0v) is 23.0. The first kappa shape index (κ1) is 28.2. The number of aliphatic hydroxyl groups is 1. The summed E-state index contributed by atoms with van der Waals surface area (Å²) in [6, 6.07) is 14.2. The highest BCUT2D eigenvalue weighted by Crippen LogP contribution is 2.26. The van der Waals surface area contributed by atoms with Crippen molar-refractivity contribution in [3.8, 4) is 0 Å². The summed E-state index contributed by atoms with van der Waals surface area (Å²) in [7, 11) is -1.89. The van der Waals surface area contributed by atoms with Gasteiger partial charge in [0.2, 0.25) is 15.9 Å². The van der Waals surface area contributed by atoms with Crippen LogP contribution in [-0.4, -0.2) is 73.0 Å². The number of anilines is 1. The van der Waals surface area contributed by atoms with Crippen molar-refractivity contribution in [3.63, 3.8) is 0 Å². The molecule has 0 saturated carbocycles. The van der Waals surface area contributed by atoms with Gasteiger partial charge in [0, 0.05) is 25.1 Å². The fourth-order valence-corrected chi connectivity index (χ4v) is 6.23. The SMILES string of the molecule is CC(C)CN(CC(O)[CH]Cc1ccccc1)S(=O)(=O)c1ccc2nc(NC(=O)C3CCN(C)CC3)oc2c1. The number of fused-ring (bicyclic) bond motifs is 1. The Kier molecular flexibility index (Phi) is 9.19. The van der Waals surface area contributed by atoms with Crippen LogP contribution in [0.3, 0.4) is 0 Å². The molecule has 2 N–H and O–H groups in total. The van der Waals surface area contributed by atoms with Crippen LogP contribution in [-0.2, 0) is 21.2 Å². The molecule has 0 bridgehead atoms. The molecule has 2 heterocycles. The predicted molar refractivity (Wildman–Crippen MR) is 147 cm³/mol. The average molecular weight is 542 g/mol. The van der Waals surface area contributed by atoms with E-state index in [1.54, 1.807) is 12.5 Å². The van der Waals surface area contributed by atoms with Crippen LogP contribution in [0.5, 0.6) is 0 Å². The first-order valence-corrected chi connectivity index (χ1v) is 14.5. The van der Waals surface area contributed by atoms with Gasteiger partial charge in [-0.3, -0.25) is 10.1 Å². The zero-order valence-electron chi connectivity index (χ0n) is 22.2. The summed E-state index contributed by atoms with van der Waals surface area (Å²) in [5.74, 6) is -0.185. The number of nitrogens with one attached hydrogen (secondary N) is 1. The van der Waals surface area contributed by atoms with E-state index < -0.39 is 16.1 Å². The number of sulfonamides is 1. The van der Waals surface area contributed by atoms with Crippen LogP contribution in [0.4, 0.5) is 6.01 Å². The number of piperidine rings is 1. The molecular weight excluding hydrogens is 504 g/mol. The molecular formula is C28H37N4O5S. The lowest BCUT2D eigenvalue weighted by Crippen LogP contribution is -2.40. The number of hydrogen-bond donors (Lipinski definition) is 2. The lowest BCUT2D eigenvalue weighted by Gasteiger charge is -2.27. The fraction of sp³-hybridized carbons (Fsp3) is 0.464. The van der Waals surface area contributed by atoms with E-state index in [0.29, 0.717) is 11.9 Å². The Morgan fingerprint density at radius 1 is 1.18 bits per heavy atom. The van der Waals surface area contributed by atoms with Gasteiger partial charge in [0.25, 0.3) is 0 Å². The van der Waals surface area contributed by atoms with Gasteiger partial charge in [-0.05, 0) is 69.4 Å². The van der Waals surface area contributed by atoms with E-state index in [4.69, 9.17) is 4.42 Å². The molecule has 3 aromatic rings. The maximum absolute atomic E-state index is 13.6. The van der Waals surface area contributed by atoms with E-state index in [1.807, 2.05) is 51.2 Å². The van der Waals surface area contributed by atoms with Gasteiger partial charge in [-0.15, -0.1) is 0 Å². The summed E-state index contributed by atoms with van der Waals surface area (Å²) in [5, 5.41) is 13.4. The molecule has 1 radical (unpaired) electrons. The number of likely N-dealkylation sites (tertiary alicyclic amines) is 1. The van der Waals surface area contributed by atoms with E-state index in [-0.39, 0.29) is 47.3 Å². The molecule has 1 atom stereocenters. The minimum absolute atomic E-state index is 0.0465. The van der Waals surface area contributed by atoms with Gasteiger partial charge in [0.05, 0.1) is 11.0 Å². The maximum atomic E-state index is 13.6. The third kappa shape index (κ3) is 7.19. The summed E-state index contributed by atoms with van der Waals surface area (Å²) in [5.41, 5.74) is 1.76. The van der Waals surface area contributed by atoms with E-state index in [9.17, 15) is 18.3 Å². The Morgan fingerprint density at radius 3 is 2.58 bits per heavy atom. The minimum Gasteiger partial charge on any atom is -0.423 e. The molecule has 0 spiro atoms. The Bertz CT molecular complexity index is 1320. The second-order valence-corrected chi connectivity index (χ2v) is 12.4. The molecule has 1 saturated heterocycles. The number of hydrogen-bond acceptors (Lipinski definition) is 7. The summed E-state index contributed by atoms with van der Waals surface area (Å²) in [6.45, 7) is 5.78. The lowest BCUT2D eigenvalue weighted by atomic mass is 9.96. The maximum Gasteiger partial charge on any atom is 0.302 e. The van der Waals surface area contributed by atoms with Crippen molar-refractivity contribution in [2.45, 2.75) is 44.1 Å². The smallest absolute Gasteiger partial charge is 0.302 e. The van der Waals surface area contributed by atoms with Gasteiger partial charge in [-0.25, -0.2) is 8.42 Å². The number of carbonyl (C=O) groups excluding carboxylic acids is 1. The van der Waals surface area contributed by atoms with Crippen molar-refractivity contribution >= 4 is 33.0 Å². The predicted octanol–water partition coefficient (Wildman–Crippen LogP) is 3.56. The van der Waals surface area contributed by atoms with Gasteiger partial charge in [0.1, 0.15) is 5.52 Å². The highest BCUT2D eigenvalue weighted by atomic mass is 32.2. The number of nitrogens with zero attached hydrogens (tertiary/aromatic N) is 3. The number of oxazole rings is 1. The monoisotopic (exact) mass is 541 g/mol. The van der Waals surface area contributed by atoms with Crippen LogP contribution in [0.2, 0.25) is 0 Å². The van der Waals surface area contributed by atoms with Crippen molar-refractivity contribution in [1.29, 1.82) is 0 Å². The van der Waals surface area contributed by atoms with E-state index in [0.717, 1.165) is 31.5 Å². The topological polar surface area (TPSA) is 116 Å². The first-order chi connectivity index (χ1) is 18.1. The van der Waals surface area contributed by atoms with E-state index in [2.05, 4.69) is 15.2 Å². The molecule has 1 aromatic heterocycles. The third-order valence-corrected chi connectivity index (χ3v) is 8.57. The van der Waals surface area contributed by atoms with Gasteiger partial charge >= 0.3 is 6.01 Å². The van der Waals surface area contributed by atoms with E-state index >= 15 is 0 Å². The lowest BCUT2D eigenvalue weighted by molar-refractivity contribution is -0.121. The van der Waals surface area contributed by atoms with Gasteiger partial charge < -0.3 is 14.4 Å². The Labute approximate surface area is 224 Å². The fourth-order valence-electron chi connectivity index (χ4n) is 4.59. The molecule has 4 rings (SSSR count). The molecule has 2 aromatic carbocycles. The number of amides is 1. The van der Waals surface area contributed by atoms with Crippen LogP contribution in [0.15, 0.2) is 57.8 Å². The highest BCUT2D eigenvalue weighted by Gasteiger charge is 2.29. The zero-order chi connectivity index (χ0) is 27.3. The van der Waals surface area contributed by atoms with Crippen molar-refractivity contribution in [2.24, 2.45) is 11.8 Å². The Morgan fingerprint density at radius 2 is 1.89 bits per heavy atom. The second kappa shape index (κ2) is 12.4. The standard InChI is InChI=1S/C28H37N4O5S/c1-20(2)18-32(19-23(33)10-9-21-7-5-4-6-8-21)38(35,36)24-11-12-25-26(17-24)37-28(29-25)30-27(34)22-13-15-31(3)16-14-22/h4-8,10-12,17,20,22-23,33H,9,13-16,18-19H2,1-3H3,(H,29,30,34). The number of rotatable bonds is 11. The molecule has 10 heteroatoms. The van der Waals surface area contributed by atoms with Crippen LogP contribution >= 0.6 is 0 Å². The number of aromatic nitrogens is 1. The number of benzene rings is 2. The van der Waals surface area contributed by atoms with Crippen LogP contribution in [0.1, 0.15) is 32.3 Å². The molecule has 1 fully saturated rings. The molecule has 1 aliphatic heterocycles. The van der Waals surface area contributed by atoms with Crippen LogP contribution < -0.4 is 5.32 Å². The van der Waals surface area contributed by atoms with Crippen molar-refractivity contribution < 1.29 is 22.7 Å². The molecule has 1 amide bonds. The normalized spacial score (nSPS) is 16.4. The summed E-state index contributed by atoms with van der Waals surface area (Å²) < 4.78 is 34.2. The quantitative estimate of drug-likeness (QED) is 0.381. The van der Waals surface area contributed by atoms with Crippen LogP contribution in [0.25, 0.3) is 11.1 Å². The average Bonchev–Trinajstić information content (AvgIpc) is 3.29. The molecule has 38 heavy (non-hydrogen) atoms. The summed E-state index contributed by atoms with van der Waals surface area (Å²) in [4.78, 5) is 19.2. The van der Waals surface area contributed by atoms with E-state index in [1.165, 1.54) is 16.4 Å². The molecule has 205 valence electrons. The Balaban J connectivity index is 1.47. The second-order valence-electron chi connectivity index (χ2n) is 10.4. The van der Waals surface area contributed by atoms with Gasteiger partial charge in [-0.1, -0.05) is 44.2 Å². The van der Waals surface area contributed by atoms with Gasteiger partial charge in [0.15, 0.2) is 5.58 Å². The summed E-state index contributed by atoms with van der Waals surface area (Å²) >= 11 is 0. The third-order valence-electron chi connectivity index (χ3n) is 6.75. The largest absolute Gasteiger partial charge is 0.423 e. The first-order valence-electron chi connectivity index (χ1n) is 13.1. The molecule has 0 aliphatic carbocycles. The van der Waals surface area contributed by atoms with Crippen molar-refractivity contribution in [1.82, 2.24) is 14.2 Å². The molecule has 1 aliphatic rings. The summed E-state index contributed by atoms with van der Waals surface area (Å²) in [6.07, 6.45) is 2.86. The number of aliphatic hydroxyl groups excluding tert-OH is 1. The molecule has 9 nitrogen and oxygen atoms in total. The highest BCUT2D eigenvalue weighted by molar-refractivity contribution is 7.89. The van der Waals surface area contributed by atoms with Gasteiger partial charge in [-0.2, -0.15) is 9.29 Å². The Hall–Kier alpha value is -2.79. The van der Waals surface area contributed by atoms with Crippen molar-refractivity contribution in [2.75, 3.05) is 38.5 Å². The number of carbonyl (C=O) groups is 1. The van der Waals surface area contributed by atoms with Crippen molar-refractivity contribution in [3.05, 3.63) is 60.5 Å².